The van der Waals surface area contributed by atoms with E-state index in [0.29, 0.717) is 11.7 Å². The molecule has 2 nitrogen and oxygen atoms in total. The fourth-order valence-electron chi connectivity index (χ4n) is 3.50. The number of rotatable bonds is 15. The summed E-state index contributed by atoms with van der Waals surface area (Å²) in [5.74, 6) is 2.51. The van der Waals surface area contributed by atoms with E-state index in [-0.39, 0.29) is 6.61 Å². The van der Waals surface area contributed by atoms with Crippen LogP contribution in [0.5, 0.6) is 0 Å². The van der Waals surface area contributed by atoms with Gasteiger partial charge in [0.15, 0.2) is 0 Å². The van der Waals surface area contributed by atoms with E-state index in [0.717, 1.165) is 24.7 Å². The molecule has 24 heavy (non-hydrogen) atoms. The lowest BCUT2D eigenvalue weighted by molar-refractivity contribution is -0.117. The zero-order chi connectivity index (χ0) is 18.4. The van der Waals surface area contributed by atoms with Crippen LogP contribution in [0.4, 0.5) is 0 Å². The first kappa shape index (κ1) is 23.4. The second-order valence-electron chi connectivity index (χ2n) is 8.21. The smallest absolute Gasteiger partial charge is 0.130 e. The van der Waals surface area contributed by atoms with Gasteiger partial charge in [0, 0.05) is 6.42 Å². The van der Waals surface area contributed by atoms with Crippen molar-refractivity contribution < 1.29 is 9.90 Å². The molecule has 0 aromatic heterocycles. The lowest BCUT2D eigenvalue weighted by Crippen LogP contribution is -2.03. The van der Waals surface area contributed by atoms with Crippen LogP contribution in [0, 0.1) is 17.8 Å². The second kappa shape index (κ2) is 14.7. The summed E-state index contributed by atoms with van der Waals surface area (Å²) in [5, 5.41) is 8.85. The monoisotopic (exact) mass is 338 g/mol. The minimum atomic E-state index is 0.173. The van der Waals surface area contributed by atoms with E-state index in [4.69, 9.17) is 5.11 Å². The van der Waals surface area contributed by atoms with E-state index in [1.165, 1.54) is 56.9 Å². The summed E-state index contributed by atoms with van der Waals surface area (Å²) in [6.07, 6.45) is 14.1. The molecule has 0 saturated heterocycles. The SMILES string of the molecule is CC(=O)CC(C)CCC[C@@H](C)CCC[C@@H](C)CCC/C(C)=C/CO. The Labute approximate surface area is 151 Å². The Balaban J connectivity index is 3.61. The fourth-order valence-corrected chi connectivity index (χ4v) is 3.50. The topological polar surface area (TPSA) is 37.3 Å². The Morgan fingerprint density at radius 1 is 0.833 bits per heavy atom. The van der Waals surface area contributed by atoms with Crippen molar-refractivity contribution in [2.75, 3.05) is 6.61 Å². The third-order valence-corrected chi connectivity index (χ3v) is 5.13. The van der Waals surface area contributed by atoms with Crippen molar-refractivity contribution in [3.63, 3.8) is 0 Å². The zero-order valence-corrected chi connectivity index (χ0v) is 16.9. The van der Waals surface area contributed by atoms with Crippen molar-refractivity contribution in [1.82, 2.24) is 0 Å². The molecule has 0 bridgehead atoms. The van der Waals surface area contributed by atoms with Crippen LogP contribution in [0.2, 0.25) is 0 Å². The minimum Gasteiger partial charge on any atom is -0.392 e. The normalized spacial score (nSPS) is 16.0. The van der Waals surface area contributed by atoms with Gasteiger partial charge in [0.2, 0.25) is 0 Å². The molecule has 0 aliphatic heterocycles. The largest absolute Gasteiger partial charge is 0.392 e. The van der Waals surface area contributed by atoms with Crippen molar-refractivity contribution in [2.24, 2.45) is 17.8 Å². The maximum absolute atomic E-state index is 11.1. The van der Waals surface area contributed by atoms with Gasteiger partial charge in [0.1, 0.15) is 5.78 Å². The number of aliphatic hydroxyl groups excluding tert-OH is 1. The molecule has 0 rings (SSSR count). The predicted molar refractivity (Wildman–Crippen MR) is 105 cm³/mol. The predicted octanol–water partition coefficient (Wildman–Crippen LogP) is 6.32. The van der Waals surface area contributed by atoms with E-state index in [1.54, 1.807) is 6.92 Å². The quantitative estimate of drug-likeness (QED) is 0.355. The number of hydrogen-bond donors (Lipinski definition) is 1. The van der Waals surface area contributed by atoms with E-state index < -0.39 is 0 Å². The van der Waals surface area contributed by atoms with Crippen LogP contribution in [0.15, 0.2) is 11.6 Å². The molecule has 0 heterocycles. The summed E-state index contributed by atoms with van der Waals surface area (Å²) in [4.78, 5) is 11.1. The van der Waals surface area contributed by atoms with E-state index in [2.05, 4.69) is 27.7 Å². The van der Waals surface area contributed by atoms with Crippen LogP contribution >= 0.6 is 0 Å². The third-order valence-electron chi connectivity index (χ3n) is 5.13. The number of ketones is 1. The highest BCUT2D eigenvalue weighted by atomic mass is 16.2. The molecule has 0 spiro atoms. The molecule has 0 amide bonds. The first-order chi connectivity index (χ1) is 11.3. The van der Waals surface area contributed by atoms with Gasteiger partial charge in [0.25, 0.3) is 0 Å². The van der Waals surface area contributed by atoms with Gasteiger partial charge in [-0.3, -0.25) is 0 Å². The van der Waals surface area contributed by atoms with Crippen LogP contribution in [0.25, 0.3) is 0 Å². The first-order valence-electron chi connectivity index (χ1n) is 10.1. The molecule has 142 valence electrons. The Bertz CT molecular complexity index is 346. The molecule has 0 fully saturated rings. The molecular weight excluding hydrogens is 296 g/mol. The van der Waals surface area contributed by atoms with Gasteiger partial charge in [-0.2, -0.15) is 0 Å². The Kier molecular flexibility index (Phi) is 14.3. The van der Waals surface area contributed by atoms with Crippen molar-refractivity contribution in [1.29, 1.82) is 0 Å². The standard InChI is InChI=1S/C22H42O2/c1-18(11-7-13-20(3)15-16-23)9-6-10-19(2)12-8-14-21(4)17-22(5)24/h15,18-19,21,23H,6-14,16-17H2,1-5H3/b20-15+/t18-,19+,21?/m1/s1. The molecule has 1 N–H and O–H groups in total. The molecule has 1 unspecified atom stereocenters. The number of aliphatic hydroxyl groups is 1. The highest BCUT2D eigenvalue weighted by Gasteiger charge is 2.08. The van der Waals surface area contributed by atoms with Crippen LogP contribution in [-0.4, -0.2) is 17.5 Å². The van der Waals surface area contributed by atoms with Gasteiger partial charge in [0.05, 0.1) is 6.61 Å². The van der Waals surface area contributed by atoms with Crippen molar-refractivity contribution in [2.45, 2.75) is 98.8 Å². The van der Waals surface area contributed by atoms with Crippen LogP contribution < -0.4 is 0 Å². The van der Waals surface area contributed by atoms with Crippen LogP contribution in [0.1, 0.15) is 98.8 Å². The average molecular weight is 339 g/mol. The van der Waals surface area contributed by atoms with Crippen LogP contribution in [0.3, 0.4) is 0 Å². The van der Waals surface area contributed by atoms with E-state index >= 15 is 0 Å². The van der Waals surface area contributed by atoms with E-state index in [1.807, 2.05) is 6.08 Å². The molecule has 0 saturated carbocycles. The summed E-state index contributed by atoms with van der Waals surface area (Å²) in [5.41, 5.74) is 1.32. The molecule has 0 aromatic rings. The van der Waals surface area contributed by atoms with Crippen molar-refractivity contribution in [3.8, 4) is 0 Å². The van der Waals surface area contributed by atoms with Gasteiger partial charge >= 0.3 is 0 Å². The molecule has 0 aliphatic rings. The molecule has 3 atom stereocenters. The summed E-state index contributed by atoms with van der Waals surface area (Å²) in [6, 6.07) is 0. The van der Waals surface area contributed by atoms with Crippen molar-refractivity contribution in [3.05, 3.63) is 11.6 Å². The highest BCUT2D eigenvalue weighted by molar-refractivity contribution is 5.75. The van der Waals surface area contributed by atoms with Gasteiger partial charge in [-0.1, -0.05) is 77.4 Å². The molecular formula is C22H42O2. The highest BCUT2D eigenvalue weighted by Crippen LogP contribution is 2.22. The molecule has 2 heteroatoms. The zero-order valence-electron chi connectivity index (χ0n) is 16.9. The lowest BCUT2D eigenvalue weighted by Gasteiger charge is -2.15. The van der Waals surface area contributed by atoms with Crippen molar-refractivity contribution >= 4 is 5.78 Å². The first-order valence-corrected chi connectivity index (χ1v) is 10.1. The number of carbonyl (C=O) groups is 1. The Morgan fingerprint density at radius 2 is 1.29 bits per heavy atom. The average Bonchev–Trinajstić information content (AvgIpc) is 2.46. The second-order valence-corrected chi connectivity index (χ2v) is 8.21. The van der Waals surface area contributed by atoms with Crippen LogP contribution in [-0.2, 0) is 4.79 Å². The Hall–Kier alpha value is -0.630. The maximum atomic E-state index is 11.1. The van der Waals surface area contributed by atoms with Gasteiger partial charge < -0.3 is 9.90 Å². The Morgan fingerprint density at radius 3 is 1.75 bits per heavy atom. The number of Topliss-reactive ketones (excluding diaryl/α,β-unsaturated/α-hetero) is 1. The lowest BCUT2D eigenvalue weighted by atomic mass is 9.90. The third kappa shape index (κ3) is 14.9. The minimum absolute atomic E-state index is 0.173. The summed E-state index contributed by atoms with van der Waals surface area (Å²) in [6.45, 7) is 10.9. The summed E-state index contributed by atoms with van der Waals surface area (Å²) in [7, 11) is 0. The number of carbonyl (C=O) groups excluding carboxylic acids is 1. The van der Waals surface area contributed by atoms with E-state index in [9.17, 15) is 4.79 Å². The molecule has 0 radical (unpaired) electrons. The van der Waals surface area contributed by atoms with Gasteiger partial charge in [-0.15, -0.1) is 0 Å². The molecule has 0 aliphatic carbocycles. The van der Waals surface area contributed by atoms with Gasteiger partial charge in [-0.05, 0) is 44.4 Å². The molecule has 0 aromatic carbocycles. The number of hydrogen-bond acceptors (Lipinski definition) is 2. The summed E-state index contributed by atoms with van der Waals surface area (Å²) >= 11 is 0. The van der Waals surface area contributed by atoms with Gasteiger partial charge in [-0.25, -0.2) is 0 Å². The number of allylic oxidation sites excluding steroid dienone is 1. The fraction of sp³-hybridized carbons (Fsp3) is 0.864. The summed E-state index contributed by atoms with van der Waals surface area (Å²) < 4.78 is 0. The maximum Gasteiger partial charge on any atom is 0.130 e.